The normalized spacial score (nSPS) is 12.4. The summed E-state index contributed by atoms with van der Waals surface area (Å²) in [6.45, 7) is 0. The topological polar surface area (TPSA) is 64.6 Å². The van der Waals surface area contributed by atoms with Crippen LogP contribution >= 0.6 is 34.8 Å². The van der Waals surface area contributed by atoms with Gasteiger partial charge >= 0.3 is 5.97 Å². The number of hydrogen-bond acceptors (Lipinski definition) is 4. The van der Waals surface area contributed by atoms with Crippen molar-refractivity contribution in [1.29, 1.82) is 0 Å². The number of benzene rings is 2. The van der Waals surface area contributed by atoms with Crippen molar-refractivity contribution in [2.45, 2.75) is 10.0 Å². The molecule has 0 aliphatic rings. The van der Waals surface area contributed by atoms with E-state index in [1.807, 2.05) is 30.3 Å². The van der Waals surface area contributed by atoms with Crippen molar-refractivity contribution >= 4 is 52.8 Å². The van der Waals surface area contributed by atoms with Crippen LogP contribution in [0.15, 0.2) is 60.7 Å². The van der Waals surface area contributed by atoms with Gasteiger partial charge in [0.1, 0.15) is 5.75 Å². The van der Waals surface area contributed by atoms with Crippen molar-refractivity contribution in [1.82, 2.24) is 5.32 Å². The van der Waals surface area contributed by atoms with Crippen molar-refractivity contribution in [3.05, 3.63) is 71.8 Å². The lowest BCUT2D eigenvalue weighted by Crippen LogP contribution is -2.47. The molecule has 0 bridgehead atoms. The number of amides is 1. The molecule has 1 amide bonds. The molecule has 0 saturated carbocycles. The molecule has 0 radical (unpaired) electrons. The lowest BCUT2D eigenvalue weighted by molar-refractivity contribution is -0.118. The molecule has 1 atom stereocenters. The number of esters is 1. The van der Waals surface area contributed by atoms with Gasteiger partial charge in [0.2, 0.25) is 15.9 Å². The van der Waals surface area contributed by atoms with Crippen molar-refractivity contribution < 1.29 is 19.1 Å². The average Bonchev–Trinajstić information content (AvgIpc) is 2.65. The van der Waals surface area contributed by atoms with E-state index in [0.29, 0.717) is 0 Å². The predicted molar refractivity (Wildman–Crippen MR) is 106 cm³/mol. The van der Waals surface area contributed by atoms with Crippen molar-refractivity contribution in [2.24, 2.45) is 0 Å². The van der Waals surface area contributed by atoms with E-state index in [1.54, 1.807) is 24.3 Å². The number of carbonyl (C=O) groups is 2. The summed E-state index contributed by atoms with van der Waals surface area (Å²) in [5.74, 6) is -0.832. The van der Waals surface area contributed by atoms with E-state index in [-0.39, 0.29) is 11.3 Å². The molecule has 2 aromatic carbocycles. The summed E-state index contributed by atoms with van der Waals surface area (Å²) in [6.07, 6.45) is 1.62. The third kappa shape index (κ3) is 6.79. The van der Waals surface area contributed by atoms with Crippen LogP contribution in [0.3, 0.4) is 0 Å². The summed E-state index contributed by atoms with van der Waals surface area (Å²) in [5, 5.41) is 2.48. The SMILES string of the molecule is COC(=O)c1cccc(O[C@H](NC(=O)/C=C/c2ccccc2)C(Cl)(Cl)Cl)c1. The van der Waals surface area contributed by atoms with E-state index in [9.17, 15) is 9.59 Å². The van der Waals surface area contributed by atoms with Gasteiger partial charge in [-0.1, -0.05) is 71.2 Å². The highest BCUT2D eigenvalue weighted by Crippen LogP contribution is 2.32. The van der Waals surface area contributed by atoms with Crippen LogP contribution in [0.5, 0.6) is 5.75 Å². The molecule has 0 heterocycles. The smallest absolute Gasteiger partial charge is 0.337 e. The minimum absolute atomic E-state index is 0.224. The fraction of sp³-hybridized carbons (Fsp3) is 0.158. The summed E-state index contributed by atoms with van der Waals surface area (Å²) in [5.41, 5.74) is 1.10. The van der Waals surface area contributed by atoms with Gasteiger partial charge in [-0.25, -0.2) is 4.79 Å². The number of halogens is 3. The first kappa shape index (κ1) is 21.1. The van der Waals surface area contributed by atoms with Crippen molar-refractivity contribution in [2.75, 3.05) is 7.11 Å². The maximum Gasteiger partial charge on any atom is 0.337 e. The molecule has 0 saturated heterocycles. The van der Waals surface area contributed by atoms with Crippen LogP contribution in [0.2, 0.25) is 0 Å². The Morgan fingerprint density at radius 1 is 1.07 bits per heavy atom. The first-order valence-electron chi connectivity index (χ1n) is 7.75. The van der Waals surface area contributed by atoms with Gasteiger partial charge in [0, 0.05) is 6.08 Å². The number of nitrogens with one attached hydrogen (secondary N) is 1. The van der Waals surface area contributed by atoms with Crippen LogP contribution in [-0.2, 0) is 9.53 Å². The van der Waals surface area contributed by atoms with Crippen molar-refractivity contribution in [3.63, 3.8) is 0 Å². The number of hydrogen-bond donors (Lipinski definition) is 1. The number of carbonyl (C=O) groups excluding carboxylic acids is 2. The molecule has 0 aromatic heterocycles. The second kappa shape index (κ2) is 9.65. The molecule has 0 aliphatic heterocycles. The zero-order chi connectivity index (χ0) is 19.9. The highest BCUT2D eigenvalue weighted by molar-refractivity contribution is 6.68. The average molecular weight is 429 g/mol. The van der Waals surface area contributed by atoms with E-state index < -0.39 is 21.9 Å². The van der Waals surface area contributed by atoms with Gasteiger partial charge in [-0.15, -0.1) is 0 Å². The zero-order valence-corrected chi connectivity index (χ0v) is 16.5. The standard InChI is InChI=1S/C19H16Cl3NO4/c1-26-17(25)14-8-5-9-15(12-14)27-18(19(20,21)22)23-16(24)11-10-13-6-3-2-4-7-13/h2-12,18H,1H3,(H,23,24)/b11-10+/t18-/m0/s1. The molecule has 2 aromatic rings. The molecule has 142 valence electrons. The fourth-order valence-electron chi connectivity index (χ4n) is 2.04. The van der Waals surface area contributed by atoms with E-state index >= 15 is 0 Å². The highest BCUT2D eigenvalue weighted by Gasteiger charge is 2.36. The zero-order valence-electron chi connectivity index (χ0n) is 14.2. The predicted octanol–water partition coefficient (Wildman–Crippen LogP) is 4.38. The quantitative estimate of drug-likeness (QED) is 0.321. The minimum atomic E-state index is -1.95. The Labute approximate surface area is 171 Å². The molecule has 27 heavy (non-hydrogen) atoms. The monoisotopic (exact) mass is 427 g/mol. The van der Waals surface area contributed by atoms with Gasteiger partial charge in [0.25, 0.3) is 0 Å². The Balaban J connectivity index is 2.11. The van der Waals surface area contributed by atoms with Crippen molar-refractivity contribution in [3.8, 4) is 5.75 Å². The van der Waals surface area contributed by atoms with Crippen LogP contribution in [0.1, 0.15) is 15.9 Å². The molecule has 0 aliphatic carbocycles. The maximum absolute atomic E-state index is 12.2. The molecule has 2 rings (SSSR count). The molecule has 1 N–H and O–H groups in total. The van der Waals surface area contributed by atoms with Crippen LogP contribution in [0.4, 0.5) is 0 Å². The largest absolute Gasteiger partial charge is 0.466 e. The highest BCUT2D eigenvalue weighted by atomic mass is 35.6. The van der Waals surface area contributed by atoms with Gasteiger partial charge in [0.05, 0.1) is 12.7 Å². The van der Waals surface area contributed by atoms with Gasteiger partial charge in [-0.05, 0) is 29.8 Å². The van der Waals surface area contributed by atoms with Crippen LogP contribution in [-0.4, -0.2) is 29.0 Å². The van der Waals surface area contributed by atoms with Crippen LogP contribution in [0, 0.1) is 0 Å². The molecule has 0 fully saturated rings. The third-order valence-corrected chi connectivity index (χ3v) is 3.90. The summed E-state index contributed by atoms with van der Waals surface area (Å²) in [6, 6.07) is 15.3. The van der Waals surface area contributed by atoms with E-state index in [0.717, 1.165) is 5.56 Å². The fourth-order valence-corrected chi connectivity index (χ4v) is 2.34. The Kier molecular flexibility index (Phi) is 7.54. The second-order valence-electron chi connectivity index (χ2n) is 5.31. The van der Waals surface area contributed by atoms with E-state index in [2.05, 4.69) is 10.1 Å². The summed E-state index contributed by atoms with van der Waals surface area (Å²) in [7, 11) is 1.26. The molecular weight excluding hydrogens is 413 g/mol. The number of ether oxygens (including phenoxy) is 2. The van der Waals surface area contributed by atoms with Crippen LogP contribution in [0.25, 0.3) is 6.08 Å². The van der Waals surface area contributed by atoms with Gasteiger partial charge < -0.3 is 14.8 Å². The summed E-state index contributed by atoms with van der Waals surface area (Å²) < 4.78 is 8.27. The Hall–Kier alpha value is -2.21. The van der Waals surface area contributed by atoms with Gasteiger partial charge in [-0.3, -0.25) is 4.79 Å². The number of rotatable bonds is 6. The lowest BCUT2D eigenvalue weighted by Gasteiger charge is -2.26. The first-order chi connectivity index (χ1) is 12.8. The third-order valence-electron chi connectivity index (χ3n) is 3.31. The minimum Gasteiger partial charge on any atom is -0.466 e. The van der Waals surface area contributed by atoms with Gasteiger partial charge in [-0.2, -0.15) is 0 Å². The second-order valence-corrected chi connectivity index (χ2v) is 7.68. The lowest BCUT2D eigenvalue weighted by atomic mass is 10.2. The maximum atomic E-state index is 12.2. The van der Waals surface area contributed by atoms with E-state index in [4.69, 9.17) is 39.5 Å². The summed E-state index contributed by atoms with van der Waals surface area (Å²) in [4.78, 5) is 23.8. The molecule has 8 heteroatoms. The number of methoxy groups -OCH3 is 1. The molecule has 0 unspecified atom stereocenters. The van der Waals surface area contributed by atoms with Crippen LogP contribution < -0.4 is 10.1 Å². The Morgan fingerprint density at radius 2 is 1.78 bits per heavy atom. The Morgan fingerprint density at radius 3 is 2.41 bits per heavy atom. The number of alkyl halides is 3. The molecule has 0 spiro atoms. The summed E-state index contributed by atoms with van der Waals surface area (Å²) >= 11 is 17.7. The molecular formula is C19H16Cl3NO4. The van der Waals surface area contributed by atoms with E-state index in [1.165, 1.54) is 19.3 Å². The van der Waals surface area contributed by atoms with Gasteiger partial charge in [0.15, 0.2) is 0 Å². The molecule has 5 nitrogen and oxygen atoms in total. The Bertz CT molecular complexity index is 819. The first-order valence-corrected chi connectivity index (χ1v) is 8.88.